The van der Waals surface area contributed by atoms with Gasteiger partial charge in [0.2, 0.25) is 0 Å². The number of halogens is 1. The van der Waals surface area contributed by atoms with Crippen molar-refractivity contribution in [3.63, 3.8) is 0 Å². The van der Waals surface area contributed by atoms with E-state index in [1.54, 1.807) is 0 Å². The van der Waals surface area contributed by atoms with E-state index in [0.717, 1.165) is 43.2 Å². The molecule has 0 saturated heterocycles. The summed E-state index contributed by atoms with van der Waals surface area (Å²) in [7, 11) is 0. The lowest BCUT2D eigenvalue weighted by atomic mass is 9.85. The summed E-state index contributed by atoms with van der Waals surface area (Å²) in [5.41, 5.74) is 2.08. The first kappa shape index (κ1) is 15.0. The van der Waals surface area contributed by atoms with Crippen LogP contribution in [0.25, 0.3) is 0 Å². The molecule has 2 rings (SSSR count). The van der Waals surface area contributed by atoms with Crippen LogP contribution >= 0.6 is 0 Å². The van der Waals surface area contributed by atoms with Gasteiger partial charge in [0.05, 0.1) is 17.7 Å². The molecule has 20 heavy (non-hydrogen) atoms. The van der Waals surface area contributed by atoms with Crippen LogP contribution < -0.4 is 0 Å². The van der Waals surface area contributed by atoms with Gasteiger partial charge in [-0.25, -0.2) is 4.39 Å². The molecule has 2 unspecified atom stereocenters. The van der Waals surface area contributed by atoms with Crippen LogP contribution in [0.3, 0.4) is 0 Å². The molecule has 108 valence electrons. The quantitative estimate of drug-likeness (QED) is 0.845. The molecule has 0 bridgehead atoms. The highest BCUT2D eigenvalue weighted by atomic mass is 19.1. The summed E-state index contributed by atoms with van der Waals surface area (Å²) in [5.74, 6) is -0.0866. The van der Waals surface area contributed by atoms with Crippen molar-refractivity contribution in [2.45, 2.75) is 63.9 Å². The fraction of sp³-hybridized carbons (Fsp3) is 0.588. The van der Waals surface area contributed by atoms with E-state index >= 15 is 0 Å². The van der Waals surface area contributed by atoms with E-state index in [1.807, 2.05) is 19.1 Å². The molecule has 0 heterocycles. The highest BCUT2D eigenvalue weighted by Gasteiger charge is 2.24. The Hall–Kier alpha value is -1.40. The molecule has 1 aromatic carbocycles. The largest absolute Gasteiger partial charge is 0.393 e. The Bertz CT molecular complexity index is 506. The van der Waals surface area contributed by atoms with Gasteiger partial charge in [0.25, 0.3) is 0 Å². The molecule has 1 fully saturated rings. The maximum atomic E-state index is 14.2. The predicted molar refractivity (Wildman–Crippen MR) is 76.9 cm³/mol. The van der Waals surface area contributed by atoms with Crippen LogP contribution in [0.5, 0.6) is 0 Å². The molecule has 1 N–H and O–H groups in total. The highest BCUT2D eigenvalue weighted by Crippen LogP contribution is 2.35. The summed E-state index contributed by atoms with van der Waals surface area (Å²) < 4.78 is 14.2. The van der Waals surface area contributed by atoms with Gasteiger partial charge < -0.3 is 5.11 Å². The molecule has 1 saturated carbocycles. The Morgan fingerprint density at radius 1 is 1.35 bits per heavy atom. The van der Waals surface area contributed by atoms with Crippen LogP contribution in [-0.2, 0) is 6.42 Å². The number of hydrogen-bond acceptors (Lipinski definition) is 2. The van der Waals surface area contributed by atoms with Crippen molar-refractivity contribution in [1.82, 2.24) is 0 Å². The number of nitriles is 1. The summed E-state index contributed by atoms with van der Waals surface area (Å²) in [6.45, 7) is 2.03. The lowest BCUT2D eigenvalue weighted by Gasteiger charge is -2.21. The first-order valence-corrected chi connectivity index (χ1v) is 7.56. The molecule has 0 radical (unpaired) electrons. The van der Waals surface area contributed by atoms with E-state index in [1.165, 1.54) is 6.07 Å². The predicted octanol–water partition coefficient (Wildman–Crippen LogP) is 4.06. The van der Waals surface area contributed by atoms with Crippen molar-refractivity contribution < 1.29 is 9.50 Å². The van der Waals surface area contributed by atoms with Crippen molar-refractivity contribution in [3.8, 4) is 6.07 Å². The molecular formula is C17H22FNO. The summed E-state index contributed by atoms with van der Waals surface area (Å²) in [5, 5.41) is 19.0. The van der Waals surface area contributed by atoms with Crippen molar-refractivity contribution in [2.24, 2.45) is 0 Å². The van der Waals surface area contributed by atoms with Crippen molar-refractivity contribution in [1.29, 1.82) is 5.26 Å². The van der Waals surface area contributed by atoms with Crippen LogP contribution in [0.15, 0.2) is 12.1 Å². The zero-order valence-corrected chi connectivity index (χ0v) is 12.0. The smallest absolute Gasteiger partial charge is 0.127 e. The Labute approximate surface area is 120 Å². The molecule has 1 aromatic rings. The molecule has 1 aliphatic carbocycles. The number of nitrogens with zero attached hydrogens (tertiary/aromatic N) is 1. The second-order valence-corrected chi connectivity index (χ2v) is 5.76. The van der Waals surface area contributed by atoms with Crippen molar-refractivity contribution in [2.75, 3.05) is 0 Å². The Morgan fingerprint density at radius 2 is 2.10 bits per heavy atom. The molecule has 1 aliphatic rings. The van der Waals surface area contributed by atoms with Gasteiger partial charge in [0.15, 0.2) is 0 Å². The summed E-state index contributed by atoms with van der Waals surface area (Å²) in [6, 6.07) is 5.21. The topological polar surface area (TPSA) is 44.0 Å². The van der Waals surface area contributed by atoms with Gasteiger partial charge in [0.1, 0.15) is 5.82 Å². The molecule has 2 atom stereocenters. The standard InChI is InChI=1S/C17H22FNO/c1-2-5-15-16(8-12(11-19)9-17(15)18)13-6-3-4-7-14(20)10-13/h8-9,13-14,20H,2-7,10H2,1H3. The van der Waals surface area contributed by atoms with E-state index < -0.39 is 0 Å². The van der Waals surface area contributed by atoms with Crippen molar-refractivity contribution >= 4 is 0 Å². The van der Waals surface area contributed by atoms with Gasteiger partial charge in [-0.3, -0.25) is 0 Å². The van der Waals surface area contributed by atoms with Gasteiger partial charge in [-0.15, -0.1) is 0 Å². The highest BCUT2D eigenvalue weighted by molar-refractivity contribution is 5.41. The zero-order chi connectivity index (χ0) is 14.5. The van der Waals surface area contributed by atoms with Crippen LogP contribution in [0.2, 0.25) is 0 Å². The van der Waals surface area contributed by atoms with Gasteiger partial charge in [-0.2, -0.15) is 5.26 Å². The first-order valence-electron chi connectivity index (χ1n) is 7.56. The average Bonchev–Trinajstić information content (AvgIpc) is 2.65. The Balaban J connectivity index is 2.41. The van der Waals surface area contributed by atoms with Gasteiger partial charge >= 0.3 is 0 Å². The third-order valence-corrected chi connectivity index (χ3v) is 4.20. The number of aliphatic hydroxyl groups excluding tert-OH is 1. The zero-order valence-electron chi connectivity index (χ0n) is 12.0. The second kappa shape index (κ2) is 6.85. The van der Waals surface area contributed by atoms with Crippen molar-refractivity contribution in [3.05, 3.63) is 34.6 Å². The summed E-state index contributed by atoms with van der Waals surface area (Å²) in [6.07, 6.45) is 5.86. The monoisotopic (exact) mass is 275 g/mol. The third kappa shape index (κ3) is 3.37. The summed E-state index contributed by atoms with van der Waals surface area (Å²) in [4.78, 5) is 0. The van der Waals surface area contributed by atoms with Crippen LogP contribution in [-0.4, -0.2) is 11.2 Å². The van der Waals surface area contributed by atoms with E-state index in [4.69, 9.17) is 5.26 Å². The molecule has 0 amide bonds. The van der Waals surface area contributed by atoms with Crippen LogP contribution in [0, 0.1) is 17.1 Å². The SMILES string of the molecule is CCCc1c(F)cc(C#N)cc1C1CCCCC(O)C1. The maximum absolute atomic E-state index is 14.2. The van der Waals surface area contributed by atoms with Gasteiger partial charge in [-0.1, -0.05) is 26.2 Å². The van der Waals surface area contributed by atoms with E-state index in [9.17, 15) is 9.50 Å². The Kier molecular flexibility index (Phi) is 5.14. The third-order valence-electron chi connectivity index (χ3n) is 4.20. The number of rotatable bonds is 3. The summed E-state index contributed by atoms with van der Waals surface area (Å²) >= 11 is 0. The lowest BCUT2D eigenvalue weighted by Crippen LogP contribution is -2.12. The molecule has 2 nitrogen and oxygen atoms in total. The maximum Gasteiger partial charge on any atom is 0.127 e. The number of hydrogen-bond donors (Lipinski definition) is 1. The van der Waals surface area contributed by atoms with Gasteiger partial charge in [-0.05, 0) is 54.9 Å². The minimum atomic E-state index is -0.300. The number of benzene rings is 1. The number of aliphatic hydroxyl groups is 1. The molecule has 0 aromatic heterocycles. The minimum absolute atomic E-state index is 0.178. The minimum Gasteiger partial charge on any atom is -0.393 e. The van der Waals surface area contributed by atoms with Crippen LogP contribution in [0.4, 0.5) is 4.39 Å². The lowest BCUT2D eigenvalue weighted by molar-refractivity contribution is 0.151. The molecule has 0 aliphatic heterocycles. The fourth-order valence-electron chi connectivity index (χ4n) is 3.22. The van der Waals surface area contributed by atoms with E-state index in [0.29, 0.717) is 18.4 Å². The van der Waals surface area contributed by atoms with Crippen LogP contribution in [0.1, 0.15) is 68.1 Å². The molecule has 3 heteroatoms. The molecular weight excluding hydrogens is 253 g/mol. The van der Waals surface area contributed by atoms with E-state index in [-0.39, 0.29) is 17.8 Å². The van der Waals surface area contributed by atoms with Gasteiger partial charge in [0, 0.05) is 0 Å². The first-order chi connectivity index (χ1) is 9.65. The normalized spacial score (nSPS) is 23.1. The Morgan fingerprint density at radius 3 is 2.80 bits per heavy atom. The fourth-order valence-corrected chi connectivity index (χ4v) is 3.22. The molecule has 0 spiro atoms. The second-order valence-electron chi connectivity index (χ2n) is 5.76. The van der Waals surface area contributed by atoms with E-state index in [2.05, 4.69) is 0 Å². The average molecular weight is 275 g/mol.